The summed E-state index contributed by atoms with van der Waals surface area (Å²) in [5.74, 6) is 0.188. The van der Waals surface area contributed by atoms with E-state index in [9.17, 15) is 8.42 Å². The Kier molecular flexibility index (Phi) is 5.78. The lowest BCUT2D eigenvalue weighted by Gasteiger charge is -2.26. The highest BCUT2D eigenvalue weighted by molar-refractivity contribution is 7.89. The summed E-state index contributed by atoms with van der Waals surface area (Å²) in [7, 11) is 0.217. The van der Waals surface area contributed by atoms with Crippen molar-refractivity contribution in [1.82, 2.24) is 9.62 Å². The van der Waals surface area contributed by atoms with Gasteiger partial charge in [0.15, 0.2) is 0 Å². The molecule has 0 spiro atoms. The number of anilines is 1. The van der Waals surface area contributed by atoms with Crippen molar-refractivity contribution in [3.05, 3.63) is 23.3 Å². The second-order valence-electron chi connectivity index (χ2n) is 6.16. The number of nitrogens with two attached hydrogens (primary N) is 1. The van der Waals surface area contributed by atoms with Gasteiger partial charge in [-0.25, -0.2) is 13.1 Å². The Morgan fingerprint density at radius 1 is 1.24 bits per heavy atom. The van der Waals surface area contributed by atoms with Gasteiger partial charge in [-0.1, -0.05) is 19.9 Å². The first kappa shape index (κ1) is 17.9. The monoisotopic (exact) mass is 313 g/mol. The zero-order valence-electron chi connectivity index (χ0n) is 13.8. The van der Waals surface area contributed by atoms with Crippen molar-refractivity contribution in [1.29, 1.82) is 0 Å². The van der Waals surface area contributed by atoms with Gasteiger partial charge in [-0.2, -0.15) is 0 Å². The van der Waals surface area contributed by atoms with E-state index in [0.717, 1.165) is 5.56 Å². The molecule has 0 saturated carbocycles. The number of hydrogen-bond acceptors (Lipinski definition) is 4. The van der Waals surface area contributed by atoms with E-state index in [1.807, 2.05) is 45.8 Å². The van der Waals surface area contributed by atoms with E-state index in [1.54, 1.807) is 13.0 Å². The van der Waals surface area contributed by atoms with Crippen molar-refractivity contribution < 1.29 is 8.42 Å². The maximum Gasteiger partial charge on any atom is 0.243 e. The van der Waals surface area contributed by atoms with Gasteiger partial charge >= 0.3 is 0 Å². The van der Waals surface area contributed by atoms with E-state index in [0.29, 0.717) is 12.1 Å². The molecule has 0 saturated heterocycles. The average Bonchev–Trinajstić information content (AvgIpc) is 2.32. The topological polar surface area (TPSA) is 75.4 Å². The van der Waals surface area contributed by atoms with Gasteiger partial charge < -0.3 is 10.6 Å². The van der Waals surface area contributed by atoms with E-state index in [1.165, 1.54) is 0 Å². The Bertz CT molecular complexity index is 595. The van der Waals surface area contributed by atoms with Gasteiger partial charge in [0.2, 0.25) is 10.0 Å². The van der Waals surface area contributed by atoms with Crippen LogP contribution in [0.4, 0.5) is 5.69 Å². The summed E-state index contributed by atoms with van der Waals surface area (Å²) in [6.45, 7) is 8.32. The van der Waals surface area contributed by atoms with Crippen LogP contribution >= 0.6 is 0 Å². The normalized spacial score (nSPS) is 13.9. The zero-order chi connectivity index (χ0) is 16.4. The van der Waals surface area contributed by atoms with Gasteiger partial charge in [0.1, 0.15) is 4.90 Å². The highest BCUT2D eigenvalue weighted by atomic mass is 32.2. The predicted octanol–water partition coefficient (Wildman–Crippen LogP) is 1.75. The molecule has 0 radical (unpaired) electrons. The molecule has 0 heterocycles. The molecule has 21 heavy (non-hydrogen) atoms. The summed E-state index contributed by atoms with van der Waals surface area (Å²) >= 11 is 0. The highest BCUT2D eigenvalue weighted by Gasteiger charge is 2.26. The molecule has 0 bridgehead atoms. The van der Waals surface area contributed by atoms with Gasteiger partial charge in [-0.05, 0) is 51.1 Å². The second-order valence-corrected chi connectivity index (χ2v) is 7.81. The van der Waals surface area contributed by atoms with Crippen LogP contribution in [0.1, 0.15) is 25.0 Å². The Balaban J connectivity index is 3.20. The summed E-state index contributed by atoms with van der Waals surface area (Å²) in [5.41, 5.74) is 7.81. The fourth-order valence-corrected chi connectivity index (χ4v) is 4.01. The lowest BCUT2D eigenvalue weighted by Crippen LogP contribution is -2.45. The summed E-state index contributed by atoms with van der Waals surface area (Å²) in [6.07, 6.45) is 0. The summed E-state index contributed by atoms with van der Waals surface area (Å²) < 4.78 is 28.2. The van der Waals surface area contributed by atoms with Crippen LogP contribution in [0.5, 0.6) is 0 Å². The number of nitrogens with one attached hydrogen (secondary N) is 1. The van der Waals surface area contributed by atoms with Crippen molar-refractivity contribution >= 4 is 15.7 Å². The van der Waals surface area contributed by atoms with Crippen LogP contribution < -0.4 is 10.5 Å². The SMILES string of the molecule is Cc1ccc(N)c(S(=O)(=O)NC(CN(C)C)C(C)C)c1C. The smallest absolute Gasteiger partial charge is 0.243 e. The minimum Gasteiger partial charge on any atom is -0.398 e. The number of hydrogen-bond donors (Lipinski definition) is 2. The van der Waals surface area contributed by atoms with Gasteiger partial charge in [0.05, 0.1) is 5.69 Å². The maximum atomic E-state index is 12.7. The number of benzene rings is 1. The number of sulfonamides is 1. The van der Waals surface area contributed by atoms with Gasteiger partial charge in [0, 0.05) is 12.6 Å². The minimum atomic E-state index is -3.64. The van der Waals surface area contributed by atoms with Crippen LogP contribution in [0, 0.1) is 19.8 Å². The first-order valence-corrected chi connectivity index (χ1v) is 8.57. The van der Waals surface area contributed by atoms with Crippen LogP contribution in [-0.2, 0) is 10.0 Å². The van der Waals surface area contributed by atoms with Crippen LogP contribution in [0.3, 0.4) is 0 Å². The van der Waals surface area contributed by atoms with Gasteiger partial charge in [-0.3, -0.25) is 0 Å². The van der Waals surface area contributed by atoms with E-state index < -0.39 is 10.0 Å². The zero-order valence-corrected chi connectivity index (χ0v) is 14.6. The fraction of sp³-hybridized carbons (Fsp3) is 0.600. The molecular formula is C15H27N3O2S. The van der Waals surface area contributed by atoms with Crippen LogP contribution in [0.25, 0.3) is 0 Å². The number of rotatable bonds is 6. The molecule has 3 N–H and O–H groups in total. The second kappa shape index (κ2) is 6.77. The van der Waals surface area contributed by atoms with Crippen molar-refractivity contribution in [3.8, 4) is 0 Å². The lowest BCUT2D eigenvalue weighted by atomic mass is 10.1. The third-order valence-corrected chi connectivity index (χ3v) is 5.34. The molecule has 6 heteroatoms. The summed E-state index contributed by atoms with van der Waals surface area (Å²) in [5, 5.41) is 0. The van der Waals surface area contributed by atoms with Crippen molar-refractivity contribution in [3.63, 3.8) is 0 Å². The standard InChI is InChI=1S/C15H27N3O2S/c1-10(2)14(9-18(5)6)17-21(19,20)15-12(4)11(3)7-8-13(15)16/h7-8,10,14,17H,9,16H2,1-6H3. The van der Waals surface area contributed by atoms with E-state index in [2.05, 4.69) is 4.72 Å². The van der Waals surface area contributed by atoms with Crippen LogP contribution in [0.15, 0.2) is 17.0 Å². The summed E-state index contributed by atoms with van der Waals surface area (Å²) in [6, 6.07) is 3.32. The van der Waals surface area contributed by atoms with Crippen molar-refractivity contribution in [2.24, 2.45) is 5.92 Å². The summed E-state index contributed by atoms with van der Waals surface area (Å²) in [4.78, 5) is 2.17. The Labute approximate surface area is 128 Å². The van der Waals surface area contributed by atoms with Crippen molar-refractivity contribution in [2.45, 2.75) is 38.6 Å². The van der Waals surface area contributed by atoms with Gasteiger partial charge in [-0.15, -0.1) is 0 Å². The third kappa shape index (κ3) is 4.43. The van der Waals surface area contributed by atoms with Crippen LogP contribution in [0.2, 0.25) is 0 Å². The fourth-order valence-electron chi connectivity index (χ4n) is 2.20. The Morgan fingerprint density at radius 2 is 1.81 bits per heavy atom. The quantitative estimate of drug-likeness (QED) is 0.785. The molecule has 1 unspecified atom stereocenters. The number of likely N-dealkylation sites (N-methyl/N-ethyl adjacent to an activating group) is 1. The molecule has 0 aliphatic heterocycles. The molecule has 0 fully saturated rings. The third-order valence-electron chi connectivity index (χ3n) is 3.65. The Morgan fingerprint density at radius 3 is 2.29 bits per heavy atom. The molecule has 1 rings (SSSR count). The molecule has 0 aromatic heterocycles. The number of nitrogens with zero attached hydrogens (tertiary/aromatic N) is 1. The van der Waals surface area contributed by atoms with E-state index in [4.69, 9.17) is 5.73 Å². The maximum absolute atomic E-state index is 12.7. The first-order chi connectivity index (χ1) is 9.56. The van der Waals surface area contributed by atoms with Gasteiger partial charge in [0.25, 0.3) is 0 Å². The average molecular weight is 313 g/mol. The minimum absolute atomic E-state index is 0.163. The molecule has 0 aliphatic rings. The molecule has 5 nitrogen and oxygen atoms in total. The number of aryl methyl sites for hydroxylation is 1. The molecule has 1 atom stereocenters. The van der Waals surface area contributed by atoms with E-state index >= 15 is 0 Å². The van der Waals surface area contributed by atoms with Crippen molar-refractivity contribution in [2.75, 3.05) is 26.4 Å². The molecule has 120 valence electrons. The Hall–Kier alpha value is -1.11. The predicted molar refractivity (Wildman–Crippen MR) is 87.8 cm³/mol. The molecule has 1 aromatic carbocycles. The van der Waals surface area contributed by atoms with E-state index in [-0.39, 0.29) is 22.5 Å². The number of nitrogen functional groups attached to an aromatic ring is 1. The molecule has 0 aliphatic carbocycles. The lowest BCUT2D eigenvalue weighted by molar-refractivity contribution is 0.314. The highest BCUT2D eigenvalue weighted by Crippen LogP contribution is 2.25. The van der Waals surface area contributed by atoms with Crippen LogP contribution in [-0.4, -0.2) is 40.0 Å². The molecule has 0 amide bonds. The largest absolute Gasteiger partial charge is 0.398 e. The molecule has 1 aromatic rings. The molecular weight excluding hydrogens is 286 g/mol. The first-order valence-electron chi connectivity index (χ1n) is 7.09.